The molecule has 0 atom stereocenters. The van der Waals surface area contributed by atoms with Gasteiger partial charge in [-0.05, 0) is 43.0 Å². The van der Waals surface area contributed by atoms with E-state index in [0.717, 1.165) is 11.1 Å². The van der Waals surface area contributed by atoms with E-state index in [0.29, 0.717) is 47.6 Å². The molecule has 3 heterocycles. The molecule has 1 aliphatic rings. The minimum atomic E-state index is -2.53. The number of fused-ring (bicyclic) bond motifs is 2. The molecule has 1 aromatic carbocycles. The summed E-state index contributed by atoms with van der Waals surface area (Å²) in [7, 11) is 1.53. The number of benzene rings is 1. The Hall–Kier alpha value is -3.34. The lowest BCUT2D eigenvalue weighted by atomic mass is 9.74. The smallest absolute Gasteiger partial charge is 0.258 e. The fraction of sp³-hybridized carbons (Fsp3) is 0.429. The van der Waals surface area contributed by atoms with Crippen LogP contribution in [0.15, 0.2) is 30.5 Å². The highest BCUT2D eigenvalue weighted by molar-refractivity contribution is 5.89. The van der Waals surface area contributed by atoms with Crippen LogP contribution in [-0.4, -0.2) is 59.9 Å². The molecule has 0 amide bonds. The van der Waals surface area contributed by atoms with Crippen LogP contribution in [0.4, 0.5) is 14.7 Å². The molecule has 4 aromatic rings. The minimum Gasteiger partial charge on any atom is -0.479 e. The van der Waals surface area contributed by atoms with Crippen molar-refractivity contribution >= 4 is 22.5 Å². The third-order valence-corrected chi connectivity index (χ3v) is 6.05. The van der Waals surface area contributed by atoms with Gasteiger partial charge in [0.15, 0.2) is 0 Å². The maximum absolute atomic E-state index is 12.9. The van der Waals surface area contributed by atoms with Crippen LogP contribution in [0.25, 0.3) is 27.7 Å². The third kappa shape index (κ3) is 3.52. The average molecular weight is 443 g/mol. The van der Waals surface area contributed by atoms with Crippen LogP contribution in [0.1, 0.15) is 26.2 Å². The van der Waals surface area contributed by atoms with Crippen molar-refractivity contribution in [1.29, 1.82) is 0 Å². The van der Waals surface area contributed by atoms with E-state index in [1.807, 2.05) is 19.1 Å². The minimum absolute atomic E-state index is 0.0992. The number of halogens is 2. The van der Waals surface area contributed by atoms with Crippen molar-refractivity contribution in [3.8, 4) is 17.0 Å². The molecule has 0 saturated heterocycles. The van der Waals surface area contributed by atoms with Crippen LogP contribution < -0.4 is 10.1 Å². The van der Waals surface area contributed by atoms with Crippen molar-refractivity contribution in [2.24, 2.45) is 0 Å². The highest BCUT2D eigenvalue weighted by Gasteiger charge is 2.41. The molecule has 11 heteroatoms. The predicted molar refractivity (Wildman–Crippen MR) is 114 cm³/mol. The average Bonchev–Trinajstić information content (AvgIpc) is 3.35. The summed E-state index contributed by atoms with van der Waals surface area (Å²) < 4.78 is 34.2. The summed E-state index contributed by atoms with van der Waals surface area (Å²) in [6, 6.07) is 7.35. The van der Waals surface area contributed by atoms with Gasteiger partial charge in [-0.25, -0.2) is 18.0 Å². The number of hydrogen-bond acceptors (Lipinski definition) is 7. The lowest BCUT2D eigenvalue weighted by Crippen LogP contribution is -2.50. The SMILES string of the molecule is CC[C@]1(O)C[C@H](Nc2nc(OC)c3c(-c4ccc5nnn(CC(F)F)c5c4)ccn3n2)C1. The fourth-order valence-corrected chi connectivity index (χ4v) is 4.26. The number of nitrogens with zero attached hydrogens (tertiary/aromatic N) is 6. The molecule has 0 aliphatic heterocycles. The zero-order valence-electron chi connectivity index (χ0n) is 17.7. The summed E-state index contributed by atoms with van der Waals surface area (Å²) in [6.45, 7) is 1.45. The summed E-state index contributed by atoms with van der Waals surface area (Å²) in [5.74, 6) is 0.793. The summed E-state index contributed by atoms with van der Waals surface area (Å²) in [5, 5.41) is 25.8. The molecule has 168 valence electrons. The lowest BCUT2D eigenvalue weighted by Gasteiger charge is -2.43. The second-order valence-electron chi connectivity index (χ2n) is 8.16. The molecule has 1 saturated carbocycles. The van der Waals surface area contributed by atoms with E-state index >= 15 is 0 Å². The summed E-state index contributed by atoms with van der Waals surface area (Å²) in [6.07, 6.45) is 1.27. The molecule has 0 spiro atoms. The number of methoxy groups -OCH3 is 1. The van der Waals surface area contributed by atoms with Gasteiger partial charge in [0.25, 0.3) is 6.43 Å². The second kappa shape index (κ2) is 7.66. The van der Waals surface area contributed by atoms with Crippen LogP contribution in [0, 0.1) is 0 Å². The highest BCUT2D eigenvalue weighted by atomic mass is 19.3. The first kappa shape index (κ1) is 20.6. The van der Waals surface area contributed by atoms with Gasteiger partial charge in [0.05, 0.1) is 18.2 Å². The number of rotatable bonds is 7. The third-order valence-electron chi connectivity index (χ3n) is 6.05. The molecule has 2 N–H and O–H groups in total. The largest absolute Gasteiger partial charge is 0.479 e. The Bertz CT molecular complexity index is 1280. The van der Waals surface area contributed by atoms with E-state index < -0.39 is 18.6 Å². The molecule has 1 fully saturated rings. The number of ether oxygens (including phenoxy) is 1. The lowest BCUT2D eigenvalue weighted by molar-refractivity contribution is -0.0442. The van der Waals surface area contributed by atoms with Crippen LogP contribution in [0.5, 0.6) is 5.88 Å². The Morgan fingerprint density at radius 3 is 2.84 bits per heavy atom. The maximum atomic E-state index is 12.9. The van der Waals surface area contributed by atoms with Crippen LogP contribution in [-0.2, 0) is 6.54 Å². The standard InChI is InChI=1S/C21H23F2N7O2/c1-3-21(31)9-13(10-21)24-20-25-19(32-2)18-14(6-7-29(18)27-20)12-4-5-15-16(8-12)30(28-26-15)11-17(22)23/h4-8,13,17,31H,3,9-11H2,1-2H3,(H,24,27)/t13-,21-. The van der Waals surface area contributed by atoms with Crippen molar-refractivity contribution in [2.45, 2.75) is 50.8 Å². The van der Waals surface area contributed by atoms with E-state index in [-0.39, 0.29) is 6.04 Å². The first-order valence-corrected chi connectivity index (χ1v) is 10.4. The van der Waals surface area contributed by atoms with Gasteiger partial charge < -0.3 is 15.2 Å². The Morgan fingerprint density at radius 2 is 2.12 bits per heavy atom. The second-order valence-corrected chi connectivity index (χ2v) is 8.16. The zero-order chi connectivity index (χ0) is 22.5. The monoisotopic (exact) mass is 443 g/mol. The van der Waals surface area contributed by atoms with Gasteiger partial charge in [-0.2, -0.15) is 4.98 Å². The number of alkyl halides is 2. The Kier molecular flexibility index (Phi) is 4.92. The van der Waals surface area contributed by atoms with E-state index in [4.69, 9.17) is 4.74 Å². The number of aromatic nitrogens is 6. The highest BCUT2D eigenvalue weighted by Crippen LogP contribution is 2.37. The molecular formula is C21H23F2N7O2. The van der Waals surface area contributed by atoms with Gasteiger partial charge in [0, 0.05) is 17.8 Å². The van der Waals surface area contributed by atoms with Crippen LogP contribution in [0.3, 0.4) is 0 Å². The van der Waals surface area contributed by atoms with Crippen molar-refractivity contribution < 1.29 is 18.6 Å². The molecule has 32 heavy (non-hydrogen) atoms. The Balaban J connectivity index is 1.50. The summed E-state index contributed by atoms with van der Waals surface area (Å²) in [5.41, 5.74) is 2.69. The van der Waals surface area contributed by atoms with E-state index in [9.17, 15) is 13.9 Å². The predicted octanol–water partition coefficient (Wildman–Crippen LogP) is 3.13. The topological polar surface area (TPSA) is 102 Å². The fourth-order valence-electron chi connectivity index (χ4n) is 4.26. The van der Waals surface area contributed by atoms with Gasteiger partial charge in [-0.3, -0.25) is 0 Å². The summed E-state index contributed by atoms with van der Waals surface area (Å²) in [4.78, 5) is 4.51. The molecule has 1 aliphatic carbocycles. The van der Waals surface area contributed by atoms with Crippen molar-refractivity contribution in [3.63, 3.8) is 0 Å². The number of anilines is 1. The molecule has 0 radical (unpaired) electrons. The normalized spacial score (nSPS) is 20.8. The molecule has 5 rings (SSSR count). The number of aliphatic hydroxyl groups is 1. The maximum Gasteiger partial charge on any atom is 0.258 e. The van der Waals surface area contributed by atoms with Gasteiger partial charge in [0.2, 0.25) is 11.8 Å². The van der Waals surface area contributed by atoms with Crippen LogP contribution in [0.2, 0.25) is 0 Å². The number of hydrogen-bond donors (Lipinski definition) is 2. The molecule has 0 unspecified atom stereocenters. The molecule has 9 nitrogen and oxygen atoms in total. The Labute approximate surface area is 182 Å². The summed E-state index contributed by atoms with van der Waals surface area (Å²) >= 11 is 0. The first-order valence-electron chi connectivity index (χ1n) is 10.4. The van der Waals surface area contributed by atoms with Gasteiger partial charge >= 0.3 is 0 Å². The van der Waals surface area contributed by atoms with Gasteiger partial charge in [-0.1, -0.05) is 18.2 Å². The quantitative estimate of drug-likeness (QED) is 0.452. The van der Waals surface area contributed by atoms with Crippen molar-refractivity contribution in [1.82, 2.24) is 29.6 Å². The molecule has 3 aromatic heterocycles. The zero-order valence-corrected chi connectivity index (χ0v) is 17.7. The van der Waals surface area contributed by atoms with E-state index in [1.165, 1.54) is 11.8 Å². The van der Waals surface area contributed by atoms with Crippen molar-refractivity contribution in [2.75, 3.05) is 12.4 Å². The number of nitrogens with one attached hydrogen (secondary N) is 1. The molecule has 0 bridgehead atoms. The van der Waals surface area contributed by atoms with E-state index in [2.05, 4.69) is 25.7 Å². The Morgan fingerprint density at radius 1 is 1.31 bits per heavy atom. The van der Waals surface area contributed by atoms with Gasteiger partial charge in [-0.15, -0.1) is 10.2 Å². The van der Waals surface area contributed by atoms with E-state index in [1.54, 1.807) is 22.8 Å². The molecular weight excluding hydrogens is 420 g/mol. The van der Waals surface area contributed by atoms with Crippen LogP contribution >= 0.6 is 0 Å². The first-order chi connectivity index (χ1) is 15.4. The van der Waals surface area contributed by atoms with Crippen molar-refractivity contribution in [3.05, 3.63) is 30.5 Å². The van der Waals surface area contributed by atoms with Gasteiger partial charge in [0.1, 0.15) is 17.6 Å².